The lowest BCUT2D eigenvalue weighted by molar-refractivity contribution is -0.116. The average Bonchev–Trinajstić information content (AvgIpc) is 3.34. The summed E-state index contributed by atoms with van der Waals surface area (Å²) in [7, 11) is 3.07. The molecule has 2 aromatic rings. The van der Waals surface area contributed by atoms with E-state index in [0.717, 1.165) is 0 Å². The number of carbonyl (C=O) groups excluding carboxylic acids is 2. The minimum atomic E-state index is -0.311. The smallest absolute Gasteiger partial charge is 0.325 e. The molecule has 0 spiro atoms. The van der Waals surface area contributed by atoms with Gasteiger partial charge < -0.3 is 29.2 Å². The van der Waals surface area contributed by atoms with Gasteiger partial charge in [-0.05, 0) is 24.3 Å². The molecular weight excluding hydrogens is 378 g/mol. The summed E-state index contributed by atoms with van der Waals surface area (Å²) in [6.45, 7) is 1.04. The van der Waals surface area contributed by atoms with Crippen molar-refractivity contribution < 1.29 is 28.5 Å². The van der Waals surface area contributed by atoms with Gasteiger partial charge in [-0.1, -0.05) is 0 Å². The fourth-order valence-electron chi connectivity index (χ4n) is 3.29. The third-order valence-electron chi connectivity index (χ3n) is 4.78. The molecule has 0 aromatic heterocycles. The van der Waals surface area contributed by atoms with Crippen LogP contribution in [0.5, 0.6) is 23.0 Å². The van der Waals surface area contributed by atoms with Crippen molar-refractivity contribution in [2.45, 2.75) is 0 Å². The van der Waals surface area contributed by atoms with Crippen LogP contribution < -0.4 is 29.2 Å². The summed E-state index contributed by atoms with van der Waals surface area (Å²) < 4.78 is 21.1. The van der Waals surface area contributed by atoms with Gasteiger partial charge in [0, 0.05) is 30.9 Å². The van der Waals surface area contributed by atoms with Crippen molar-refractivity contribution in [1.82, 2.24) is 4.90 Å². The predicted octanol–water partition coefficient (Wildman–Crippen LogP) is 2.31. The van der Waals surface area contributed by atoms with E-state index in [9.17, 15) is 9.59 Å². The van der Waals surface area contributed by atoms with Crippen LogP contribution in [0.4, 0.5) is 16.2 Å². The summed E-state index contributed by atoms with van der Waals surface area (Å²) in [6, 6.07) is 10.2. The molecule has 0 aliphatic carbocycles. The summed E-state index contributed by atoms with van der Waals surface area (Å²) in [5.74, 6) is 2.05. The molecule has 0 atom stereocenters. The highest BCUT2D eigenvalue weighted by Crippen LogP contribution is 2.36. The van der Waals surface area contributed by atoms with Crippen molar-refractivity contribution >= 4 is 23.3 Å². The van der Waals surface area contributed by atoms with Crippen LogP contribution in [0, 0.1) is 0 Å². The highest BCUT2D eigenvalue weighted by atomic mass is 16.7. The molecular formula is C20H21N3O6. The molecule has 2 aliphatic rings. The molecule has 0 bridgehead atoms. The highest BCUT2D eigenvalue weighted by molar-refractivity contribution is 6.00. The van der Waals surface area contributed by atoms with Gasteiger partial charge in [0.1, 0.15) is 18.0 Å². The van der Waals surface area contributed by atoms with Crippen LogP contribution in [-0.4, -0.2) is 57.5 Å². The number of benzene rings is 2. The Labute approximate surface area is 167 Å². The Hall–Kier alpha value is -3.62. The van der Waals surface area contributed by atoms with E-state index in [1.54, 1.807) is 48.4 Å². The first-order valence-corrected chi connectivity index (χ1v) is 9.07. The standard InChI is InChI=1S/C20H21N3O6/c1-26-14-4-5-15(17(10-14)27-2)21-19(24)11-22-7-8-23(20(22)25)13-3-6-16-18(9-13)29-12-28-16/h3-6,9-10H,7-8,11-12H2,1-2H3,(H,21,24). The number of anilines is 2. The highest BCUT2D eigenvalue weighted by Gasteiger charge is 2.32. The molecule has 0 unspecified atom stereocenters. The minimum absolute atomic E-state index is 0.0604. The number of hydrogen-bond acceptors (Lipinski definition) is 6. The molecule has 0 saturated carbocycles. The lowest BCUT2D eigenvalue weighted by Gasteiger charge is -2.19. The zero-order chi connectivity index (χ0) is 20.4. The quantitative estimate of drug-likeness (QED) is 0.802. The van der Waals surface area contributed by atoms with E-state index in [1.807, 2.05) is 0 Å². The zero-order valence-corrected chi connectivity index (χ0v) is 16.1. The maximum Gasteiger partial charge on any atom is 0.325 e. The van der Waals surface area contributed by atoms with Gasteiger partial charge in [0.25, 0.3) is 0 Å². The van der Waals surface area contributed by atoms with Gasteiger partial charge in [-0.15, -0.1) is 0 Å². The largest absolute Gasteiger partial charge is 0.497 e. The molecule has 0 radical (unpaired) electrons. The summed E-state index contributed by atoms with van der Waals surface area (Å²) in [4.78, 5) is 28.4. The molecule has 1 saturated heterocycles. The van der Waals surface area contributed by atoms with Crippen LogP contribution in [0.2, 0.25) is 0 Å². The molecule has 152 valence electrons. The number of ether oxygens (including phenoxy) is 4. The van der Waals surface area contributed by atoms with E-state index < -0.39 is 0 Å². The number of rotatable bonds is 6. The summed E-state index contributed by atoms with van der Waals surface area (Å²) in [5.41, 5.74) is 1.22. The first kappa shape index (κ1) is 18.7. The average molecular weight is 399 g/mol. The predicted molar refractivity (Wildman–Crippen MR) is 105 cm³/mol. The number of carbonyl (C=O) groups is 2. The number of urea groups is 1. The lowest BCUT2D eigenvalue weighted by Crippen LogP contribution is -2.37. The molecule has 2 aliphatic heterocycles. The Morgan fingerprint density at radius 3 is 2.69 bits per heavy atom. The van der Waals surface area contributed by atoms with E-state index in [2.05, 4.69) is 5.32 Å². The van der Waals surface area contributed by atoms with Crippen LogP contribution in [0.15, 0.2) is 36.4 Å². The molecule has 9 nitrogen and oxygen atoms in total. The van der Waals surface area contributed by atoms with Crippen LogP contribution >= 0.6 is 0 Å². The molecule has 1 fully saturated rings. The maximum absolute atomic E-state index is 12.8. The zero-order valence-electron chi connectivity index (χ0n) is 16.1. The number of fused-ring (bicyclic) bond motifs is 1. The Kier molecular flexibility index (Phi) is 5.03. The second kappa shape index (κ2) is 7.78. The summed E-state index contributed by atoms with van der Waals surface area (Å²) in [6.07, 6.45) is 0. The Morgan fingerprint density at radius 1 is 1.07 bits per heavy atom. The maximum atomic E-state index is 12.8. The number of methoxy groups -OCH3 is 2. The fraction of sp³-hybridized carbons (Fsp3) is 0.300. The first-order valence-electron chi connectivity index (χ1n) is 9.07. The van der Waals surface area contributed by atoms with E-state index in [4.69, 9.17) is 18.9 Å². The number of nitrogens with zero attached hydrogens (tertiary/aromatic N) is 2. The van der Waals surface area contributed by atoms with Gasteiger partial charge >= 0.3 is 6.03 Å². The lowest BCUT2D eigenvalue weighted by atomic mass is 10.2. The van der Waals surface area contributed by atoms with Crippen molar-refractivity contribution in [2.24, 2.45) is 0 Å². The number of nitrogens with one attached hydrogen (secondary N) is 1. The van der Waals surface area contributed by atoms with Gasteiger partial charge in [-0.25, -0.2) is 4.79 Å². The van der Waals surface area contributed by atoms with Crippen LogP contribution in [0.1, 0.15) is 0 Å². The Morgan fingerprint density at radius 2 is 1.90 bits per heavy atom. The van der Waals surface area contributed by atoms with Crippen molar-refractivity contribution in [3.05, 3.63) is 36.4 Å². The second-order valence-electron chi connectivity index (χ2n) is 6.51. The van der Waals surface area contributed by atoms with Gasteiger partial charge in [-0.2, -0.15) is 0 Å². The Balaban J connectivity index is 1.40. The van der Waals surface area contributed by atoms with Crippen LogP contribution in [0.25, 0.3) is 0 Å². The molecule has 4 rings (SSSR count). The van der Waals surface area contributed by atoms with E-state index in [1.165, 1.54) is 12.0 Å². The molecule has 29 heavy (non-hydrogen) atoms. The van der Waals surface area contributed by atoms with Gasteiger partial charge in [0.05, 0.1) is 19.9 Å². The van der Waals surface area contributed by atoms with E-state index in [0.29, 0.717) is 47.5 Å². The van der Waals surface area contributed by atoms with Gasteiger partial charge in [0.2, 0.25) is 12.7 Å². The number of amides is 3. The van der Waals surface area contributed by atoms with Crippen molar-refractivity contribution in [3.8, 4) is 23.0 Å². The SMILES string of the molecule is COc1ccc(NC(=O)CN2CCN(c3ccc4c(c3)OCO4)C2=O)c(OC)c1. The second-order valence-corrected chi connectivity index (χ2v) is 6.51. The minimum Gasteiger partial charge on any atom is -0.497 e. The van der Waals surface area contributed by atoms with Gasteiger partial charge in [0.15, 0.2) is 11.5 Å². The number of hydrogen-bond donors (Lipinski definition) is 1. The third-order valence-corrected chi connectivity index (χ3v) is 4.78. The molecule has 2 heterocycles. The molecule has 1 N–H and O–H groups in total. The normalized spacial score (nSPS) is 14.9. The van der Waals surface area contributed by atoms with E-state index in [-0.39, 0.29) is 25.3 Å². The first-order chi connectivity index (χ1) is 14.1. The summed E-state index contributed by atoms with van der Waals surface area (Å²) in [5, 5.41) is 2.78. The molecule has 2 aromatic carbocycles. The monoisotopic (exact) mass is 399 g/mol. The van der Waals surface area contributed by atoms with Crippen LogP contribution in [-0.2, 0) is 4.79 Å². The van der Waals surface area contributed by atoms with Crippen LogP contribution in [0.3, 0.4) is 0 Å². The fourth-order valence-corrected chi connectivity index (χ4v) is 3.29. The van der Waals surface area contributed by atoms with Crippen molar-refractivity contribution in [1.29, 1.82) is 0 Å². The molecule has 9 heteroatoms. The van der Waals surface area contributed by atoms with E-state index >= 15 is 0 Å². The van der Waals surface area contributed by atoms with Crippen molar-refractivity contribution in [2.75, 3.05) is 50.9 Å². The Bertz CT molecular complexity index is 948. The topological polar surface area (TPSA) is 89.6 Å². The van der Waals surface area contributed by atoms with Crippen molar-refractivity contribution in [3.63, 3.8) is 0 Å². The molecule has 3 amide bonds. The third kappa shape index (κ3) is 3.71. The van der Waals surface area contributed by atoms with Gasteiger partial charge in [-0.3, -0.25) is 9.69 Å². The summed E-state index contributed by atoms with van der Waals surface area (Å²) >= 11 is 0.